The van der Waals surface area contributed by atoms with E-state index in [1.807, 2.05) is 13.8 Å². The van der Waals surface area contributed by atoms with E-state index in [-0.39, 0.29) is 6.10 Å². The van der Waals surface area contributed by atoms with Crippen LogP contribution >= 0.6 is 11.6 Å². The molecule has 0 heterocycles. The van der Waals surface area contributed by atoms with Crippen molar-refractivity contribution in [1.29, 1.82) is 0 Å². The lowest BCUT2D eigenvalue weighted by molar-refractivity contribution is 0.0165. The van der Waals surface area contributed by atoms with E-state index in [1.54, 1.807) is 36.1 Å². The summed E-state index contributed by atoms with van der Waals surface area (Å²) in [4.78, 5) is 25.6. The van der Waals surface area contributed by atoms with E-state index >= 15 is 0 Å². The molecule has 1 unspecified atom stereocenters. The molecular formula is C17H24ClNO4. The van der Waals surface area contributed by atoms with Crippen molar-refractivity contribution in [3.8, 4) is 0 Å². The normalized spacial score (nSPS) is 11.7. The number of rotatable bonds is 8. The highest BCUT2D eigenvalue weighted by atomic mass is 35.5. The van der Waals surface area contributed by atoms with Gasteiger partial charge in [-0.25, -0.2) is 9.59 Å². The molecule has 1 aromatic carbocycles. The first-order valence-corrected chi connectivity index (χ1v) is 8.27. The standard InChI is InChI=1S/C17H24ClNO4/c1-4-7-15(12-19(5-2)17(21)22-6-3)23-16(20)13-8-10-14(18)11-9-13/h8-11,15H,4-7,12H2,1-3H3. The molecule has 6 heteroatoms. The smallest absolute Gasteiger partial charge is 0.409 e. The Hall–Kier alpha value is -1.75. The Morgan fingerprint density at radius 2 is 1.83 bits per heavy atom. The number of hydrogen-bond donors (Lipinski definition) is 0. The van der Waals surface area contributed by atoms with E-state index in [2.05, 4.69) is 0 Å². The molecule has 0 saturated heterocycles. The number of amides is 1. The van der Waals surface area contributed by atoms with Gasteiger partial charge in [0.1, 0.15) is 6.10 Å². The summed E-state index contributed by atoms with van der Waals surface area (Å²) in [5.41, 5.74) is 0.440. The van der Waals surface area contributed by atoms with Crippen LogP contribution in [0.5, 0.6) is 0 Å². The Kier molecular flexibility index (Phi) is 8.48. The second-order valence-corrected chi connectivity index (χ2v) is 5.50. The topological polar surface area (TPSA) is 55.8 Å². The second-order valence-electron chi connectivity index (χ2n) is 5.06. The first-order chi connectivity index (χ1) is 11.0. The highest BCUT2D eigenvalue weighted by Gasteiger charge is 2.21. The number of carbonyl (C=O) groups excluding carboxylic acids is 2. The van der Waals surface area contributed by atoms with Gasteiger partial charge < -0.3 is 14.4 Å². The summed E-state index contributed by atoms with van der Waals surface area (Å²) in [6, 6.07) is 6.53. The average molecular weight is 342 g/mol. The number of nitrogens with zero attached hydrogens (tertiary/aromatic N) is 1. The van der Waals surface area contributed by atoms with Gasteiger partial charge in [-0.2, -0.15) is 0 Å². The van der Waals surface area contributed by atoms with E-state index < -0.39 is 12.1 Å². The Labute approximate surface area is 142 Å². The minimum atomic E-state index is -0.417. The third-order valence-corrected chi connectivity index (χ3v) is 3.55. The summed E-state index contributed by atoms with van der Waals surface area (Å²) in [6.45, 7) is 6.76. The number of ether oxygens (including phenoxy) is 2. The monoisotopic (exact) mass is 341 g/mol. The van der Waals surface area contributed by atoms with Gasteiger partial charge in [-0.3, -0.25) is 0 Å². The van der Waals surface area contributed by atoms with Gasteiger partial charge in [-0.05, 0) is 44.5 Å². The molecule has 0 radical (unpaired) electrons. The van der Waals surface area contributed by atoms with E-state index in [9.17, 15) is 9.59 Å². The summed E-state index contributed by atoms with van der Waals surface area (Å²) in [5, 5.41) is 0.561. The van der Waals surface area contributed by atoms with Crippen molar-refractivity contribution in [3.05, 3.63) is 34.9 Å². The predicted octanol–water partition coefficient (Wildman–Crippen LogP) is 4.14. The molecule has 1 aromatic rings. The van der Waals surface area contributed by atoms with E-state index in [1.165, 1.54) is 0 Å². The zero-order chi connectivity index (χ0) is 17.2. The van der Waals surface area contributed by atoms with Gasteiger partial charge >= 0.3 is 12.1 Å². The van der Waals surface area contributed by atoms with Crippen LogP contribution in [-0.4, -0.2) is 42.8 Å². The van der Waals surface area contributed by atoms with Crippen LogP contribution in [0.25, 0.3) is 0 Å². The molecule has 0 aliphatic carbocycles. The van der Waals surface area contributed by atoms with Gasteiger partial charge in [0.25, 0.3) is 0 Å². The molecule has 1 rings (SSSR count). The second kappa shape index (κ2) is 10.1. The van der Waals surface area contributed by atoms with Crippen molar-refractivity contribution in [2.75, 3.05) is 19.7 Å². The van der Waals surface area contributed by atoms with Crippen LogP contribution < -0.4 is 0 Å². The number of halogens is 1. The van der Waals surface area contributed by atoms with Crippen LogP contribution in [-0.2, 0) is 9.47 Å². The van der Waals surface area contributed by atoms with Crippen molar-refractivity contribution in [3.63, 3.8) is 0 Å². The molecule has 0 bridgehead atoms. The zero-order valence-corrected chi connectivity index (χ0v) is 14.6. The quantitative estimate of drug-likeness (QED) is 0.667. The van der Waals surface area contributed by atoms with Gasteiger partial charge in [0, 0.05) is 11.6 Å². The molecule has 0 saturated carbocycles. The van der Waals surface area contributed by atoms with Crippen LogP contribution in [0.15, 0.2) is 24.3 Å². The van der Waals surface area contributed by atoms with Gasteiger partial charge in [-0.1, -0.05) is 24.9 Å². The van der Waals surface area contributed by atoms with Crippen molar-refractivity contribution in [2.24, 2.45) is 0 Å². The minimum absolute atomic E-state index is 0.318. The predicted molar refractivity (Wildman–Crippen MR) is 89.8 cm³/mol. The molecule has 0 N–H and O–H groups in total. The molecular weight excluding hydrogens is 318 g/mol. The maximum absolute atomic E-state index is 12.2. The highest BCUT2D eigenvalue weighted by molar-refractivity contribution is 6.30. The SMILES string of the molecule is CCCC(CN(CC)C(=O)OCC)OC(=O)c1ccc(Cl)cc1. The Morgan fingerprint density at radius 1 is 1.17 bits per heavy atom. The number of likely N-dealkylation sites (N-methyl/N-ethyl adjacent to an activating group) is 1. The fourth-order valence-corrected chi connectivity index (χ4v) is 2.23. The maximum atomic E-state index is 12.2. The lowest BCUT2D eigenvalue weighted by Gasteiger charge is -2.25. The molecule has 5 nitrogen and oxygen atoms in total. The van der Waals surface area contributed by atoms with Crippen molar-refractivity contribution >= 4 is 23.7 Å². The van der Waals surface area contributed by atoms with Gasteiger partial charge in [-0.15, -0.1) is 0 Å². The molecule has 0 aliphatic heterocycles. The summed E-state index contributed by atoms with van der Waals surface area (Å²) in [7, 11) is 0. The Bertz CT molecular complexity index is 504. The van der Waals surface area contributed by atoms with E-state index in [0.717, 1.165) is 6.42 Å². The van der Waals surface area contributed by atoms with Crippen LogP contribution in [0.3, 0.4) is 0 Å². The van der Waals surface area contributed by atoms with Crippen LogP contribution in [0.1, 0.15) is 44.0 Å². The van der Waals surface area contributed by atoms with Crippen LogP contribution in [0.4, 0.5) is 4.79 Å². The number of esters is 1. The maximum Gasteiger partial charge on any atom is 0.409 e. The molecule has 0 spiro atoms. The molecule has 1 amide bonds. The molecule has 0 aromatic heterocycles. The molecule has 23 heavy (non-hydrogen) atoms. The lowest BCUT2D eigenvalue weighted by Crippen LogP contribution is -2.39. The third-order valence-electron chi connectivity index (χ3n) is 3.30. The molecule has 128 valence electrons. The van der Waals surface area contributed by atoms with Gasteiger partial charge in [0.2, 0.25) is 0 Å². The average Bonchev–Trinajstić information content (AvgIpc) is 2.53. The van der Waals surface area contributed by atoms with E-state index in [0.29, 0.717) is 36.7 Å². The number of carbonyl (C=O) groups is 2. The van der Waals surface area contributed by atoms with E-state index in [4.69, 9.17) is 21.1 Å². The fraction of sp³-hybridized carbons (Fsp3) is 0.529. The van der Waals surface area contributed by atoms with Gasteiger partial charge in [0.05, 0.1) is 18.7 Å². The van der Waals surface area contributed by atoms with Crippen molar-refractivity contribution in [1.82, 2.24) is 4.90 Å². The first-order valence-electron chi connectivity index (χ1n) is 7.90. The largest absolute Gasteiger partial charge is 0.457 e. The van der Waals surface area contributed by atoms with Crippen molar-refractivity contribution < 1.29 is 19.1 Å². The zero-order valence-electron chi connectivity index (χ0n) is 13.9. The third kappa shape index (κ3) is 6.48. The first kappa shape index (κ1) is 19.3. The number of benzene rings is 1. The van der Waals surface area contributed by atoms with Crippen LogP contribution in [0, 0.1) is 0 Å². The lowest BCUT2D eigenvalue weighted by atomic mass is 10.2. The Morgan fingerprint density at radius 3 is 2.35 bits per heavy atom. The highest BCUT2D eigenvalue weighted by Crippen LogP contribution is 2.13. The van der Waals surface area contributed by atoms with Crippen molar-refractivity contribution in [2.45, 2.75) is 39.7 Å². The summed E-state index contributed by atoms with van der Waals surface area (Å²) in [5.74, 6) is -0.417. The minimum Gasteiger partial charge on any atom is -0.457 e. The molecule has 0 fully saturated rings. The Balaban J connectivity index is 2.71. The summed E-state index contributed by atoms with van der Waals surface area (Å²) in [6.07, 6.45) is 0.764. The molecule has 0 aliphatic rings. The van der Waals surface area contributed by atoms with Gasteiger partial charge in [0.15, 0.2) is 0 Å². The fourth-order valence-electron chi connectivity index (χ4n) is 2.11. The summed E-state index contributed by atoms with van der Waals surface area (Å²) >= 11 is 5.81. The number of hydrogen-bond acceptors (Lipinski definition) is 4. The summed E-state index contributed by atoms with van der Waals surface area (Å²) < 4.78 is 10.6. The van der Waals surface area contributed by atoms with Crippen LogP contribution in [0.2, 0.25) is 5.02 Å². The molecule has 1 atom stereocenters.